The molecule has 0 aliphatic carbocycles. The summed E-state index contributed by atoms with van der Waals surface area (Å²) < 4.78 is 15.0. The first-order valence-electron chi connectivity index (χ1n) is 10.0. The molecule has 154 valence electrons. The van der Waals surface area contributed by atoms with Gasteiger partial charge in [0.2, 0.25) is 5.91 Å². The molecular formula is C22H27FN4O2. The Hall–Kier alpha value is -2.51. The Balaban J connectivity index is 1.50. The van der Waals surface area contributed by atoms with Gasteiger partial charge >= 0.3 is 0 Å². The van der Waals surface area contributed by atoms with Crippen LogP contribution >= 0.6 is 0 Å². The highest BCUT2D eigenvalue weighted by Gasteiger charge is 2.35. The molecule has 2 atom stereocenters. The zero-order valence-electron chi connectivity index (χ0n) is 16.9. The molecule has 1 fully saturated rings. The van der Waals surface area contributed by atoms with Crippen molar-refractivity contribution >= 4 is 11.6 Å². The number of aromatic nitrogens is 1. The molecule has 1 saturated heterocycles. The SMILES string of the molecule is CN(C)CC(=O)Nc1ccc2n(c1=O)C[C@H]1C[C@@H]2CN(Cc2ccc(F)cc2)C1. The van der Waals surface area contributed by atoms with E-state index in [-0.39, 0.29) is 23.8 Å². The normalized spacial score (nSPS) is 21.1. The van der Waals surface area contributed by atoms with Crippen molar-refractivity contribution < 1.29 is 9.18 Å². The van der Waals surface area contributed by atoms with Crippen molar-refractivity contribution in [3.05, 3.63) is 63.8 Å². The molecule has 0 radical (unpaired) electrons. The zero-order valence-corrected chi connectivity index (χ0v) is 16.9. The number of nitrogens with zero attached hydrogens (tertiary/aromatic N) is 3. The lowest BCUT2D eigenvalue weighted by molar-refractivity contribution is -0.116. The Morgan fingerprint density at radius 1 is 1.14 bits per heavy atom. The number of piperidine rings is 1. The lowest BCUT2D eigenvalue weighted by Gasteiger charge is -2.43. The summed E-state index contributed by atoms with van der Waals surface area (Å²) in [7, 11) is 3.64. The van der Waals surface area contributed by atoms with Crippen LogP contribution in [0.25, 0.3) is 0 Å². The van der Waals surface area contributed by atoms with Crippen molar-refractivity contribution in [3.8, 4) is 0 Å². The van der Waals surface area contributed by atoms with Gasteiger partial charge in [0.05, 0.1) is 6.54 Å². The van der Waals surface area contributed by atoms with E-state index in [4.69, 9.17) is 0 Å². The van der Waals surface area contributed by atoms with Gasteiger partial charge < -0.3 is 14.8 Å². The van der Waals surface area contributed by atoms with Crippen molar-refractivity contribution in [1.82, 2.24) is 14.4 Å². The van der Waals surface area contributed by atoms with Crippen LogP contribution in [0.1, 0.15) is 23.6 Å². The number of hydrogen-bond acceptors (Lipinski definition) is 4. The van der Waals surface area contributed by atoms with E-state index < -0.39 is 0 Å². The molecule has 0 spiro atoms. The fraction of sp³-hybridized carbons (Fsp3) is 0.455. The van der Waals surface area contributed by atoms with E-state index in [1.165, 1.54) is 12.1 Å². The van der Waals surface area contributed by atoms with Crippen LogP contribution in [-0.4, -0.2) is 54.0 Å². The Morgan fingerprint density at radius 3 is 2.62 bits per heavy atom. The maximum atomic E-state index is 13.2. The molecule has 2 aliphatic heterocycles. The third kappa shape index (κ3) is 4.41. The van der Waals surface area contributed by atoms with E-state index in [9.17, 15) is 14.0 Å². The monoisotopic (exact) mass is 398 g/mol. The van der Waals surface area contributed by atoms with E-state index in [0.29, 0.717) is 24.1 Å². The van der Waals surface area contributed by atoms with E-state index in [0.717, 1.165) is 37.3 Å². The Bertz CT molecular complexity index is 954. The van der Waals surface area contributed by atoms with Gasteiger partial charge in [0.1, 0.15) is 11.5 Å². The van der Waals surface area contributed by atoms with E-state index >= 15 is 0 Å². The van der Waals surface area contributed by atoms with Crippen molar-refractivity contribution in [2.75, 3.05) is 39.0 Å². The topological polar surface area (TPSA) is 57.6 Å². The van der Waals surface area contributed by atoms with Gasteiger partial charge in [-0.1, -0.05) is 12.1 Å². The Morgan fingerprint density at radius 2 is 1.90 bits per heavy atom. The lowest BCUT2D eigenvalue weighted by Crippen LogP contribution is -2.47. The molecule has 1 aromatic heterocycles. The maximum absolute atomic E-state index is 13.2. The second-order valence-corrected chi connectivity index (χ2v) is 8.49. The van der Waals surface area contributed by atoms with Crippen LogP contribution in [0.3, 0.4) is 0 Å². The van der Waals surface area contributed by atoms with Crippen LogP contribution < -0.4 is 10.9 Å². The minimum absolute atomic E-state index is 0.115. The number of carbonyl (C=O) groups is 1. The first-order valence-corrected chi connectivity index (χ1v) is 10.0. The molecule has 4 rings (SSSR count). The van der Waals surface area contributed by atoms with Gasteiger partial charge in [-0.05, 0) is 56.3 Å². The zero-order chi connectivity index (χ0) is 20.5. The van der Waals surface area contributed by atoms with E-state index in [2.05, 4.69) is 10.2 Å². The number of pyridine rings is 1. The molecular weight excluding hydrogens is 371 g/mol. The second-order valence-electron chi connectivity index (χ2n) is 8.49. The number of benzene rings is 1. The summed E-state index contributed by atoms with van der Waals surface area (Å²) in [5.41, 5.74) is 2.38. The van der Waals surface area contributed by atoms with Crippen molar-refractivity contribution in [3.63, 3.8) is 0 Å². The number of rotatable bonds is 5. The lowest BCUT2D eigenvalue weighted by atomic mass is 9.83. The average Bonchev–Trinajstić information content (AvgIpc) is 2.66. The third-order valence-electron chi connectivity index (χ3n) is 5.73. The molecule has 1 aromatic carbocycles. The molecule has 2 aliphatic rings. The molecule has 1 N–H and O–H groups in total. The summed E-state index contributed by atoms with van der Waals surface area (Å²) in [5.74, 6) is 0.287. The number of hydrogen-bond donors (Lipinski definition) is 1. The van der Waals surface area contributed by atoms with Gasteiger partial charge in [0.25, 0.3) is 5.56 Å². The first kappa shape index (κ1) is 19.8. The van der Waals surface area contributed by atoms with Crippen molar-refractivity contribution in [2.45, 2.75) is 25.4 Å². The quantitative estimate of drug-likeness (QED) is 0.838. The van der Waals surface area contributed by atoms with Crippen LogP contribution in [0.15, 0.2) is 41.2 Å². The van der Waals surface area contributed by atoms with Crippen LogP contribution in [0.5, 0.6) is 0 Å². The second kappa shape index (κ2) is 8.08. The van der Waals surface area contributed by atoms with E-state index in [1.807, 2.05) is 36.9 Å². The molecule has 7 heteroatoms. The molecule has 0 saturated carbocycles. The minimum Gasteiger partial charge on any atom is -0.320 e. The Labute approximate surface area is 169 Å². The van der Waals surface area contributed by atoms with Gasteiger partial charge in [-0.25, -0.2) is 4.39 Å². The molecule has 2 aromatic rings. The van der Waals surface area contributed by atoms with Crippen LogP contribution in [-0.2, 0) is 17.9 Å². The third-order valence-corrected chi connectivity index (χ3v) is 5.73. The highest BCUT2D eigenvalue weighted by Crippen LogP contribution is 2.36. The van der Waals surface area contributed by atoms with Gasteiger partial charge in [-0.15, -0.1) is 0 Å². The fourth-order valence-electron chi connectivity index (χ4n) is 4.59. The smallest absolute Gasteiger partial charge is 0.274 e. The largest absolute Gasteiger partial charge is 0.320 e. The average molecular weight is 398 g/mol. The summed E-state index contributed by atoms with van der Waals surface area (Å²) in [6.45, 7) is 3.49. The van der Waals surface area contributed by atoms with Crippen LogP contribution in [0.2, 0.25) is 0 Å². The maximum Gasteiger partial charge on any atom is 0.274 e. The minimum atomic E-state index is -0.217. The highest BCUT2D eigenvalue weighted by atomic mass is 19.1. The number of anilines is 1. The number of nitrogens with one attached hydrogen (secondary N) is 1. The van der Waals surface area contributed by atoms with Crippen molar-refractivity contribution in [1.29, 1.82) is 0 Å². The Kier molecular flexibility index (Phi) is 5.52. The number of carbonyl (C=O) groups excluding carboxylic acids is 1. The fourth-order valence-corrected chi connectivity index (χ4v) is 4.59. The highest BCUT2D eigenvalue weighted by molar-refractivity contribution is 5.92. The number of likely N-dealkylation sites (tertiary alicyclic amines) is 1. The summed E-state index contributed by atoms with van der Waals surface area (Å²) in [5, 5.41) is 2.75. The van der Waals surface area contributed by atoms with Crippen LogP contribution in [0.4, 0.5) is 10.1 Å². The van der Waals surface area contributed by atoms with Crippen molar-refractivity contribution in [2.24, 2.45) is 5.92 Å². The molecule has 0 unspecified atom stereocenters. The van der Waals surface area contributed by atoms with E-state index in [1.54, 1.807) is 11.0 Å². The van der Waals surface area contributed by atoms with Gasteiger partial charge in [0.15, 0.2) is 0 Å². The number of amides is 1. The molecule has 29 heavy (non-hydrogen) atoms. The number of halogens is 1. The van der Waals surface area contributed by atoms with Gasteiger partial charge in [-0.2, -0.15) is 0 Å². The predicted octanol–water partition coefficient (Wildman–Crippen LogP) is 2.11. The summed E-state index contributed by atoms with van der Waals surface area (Å²) in [4.78, 5) is 29.2. The summed E-state index contributed by atoms with van der Waals surface area (Å²) >= 11 is 0. The summed E-state index contributed by atoms with van der Waals surface area (Å²) in [6, 6.07) is 10.4. The van der Waals surface area contributed by atoms with Crippen LogP contribution in [0, 0.1) is 11.7 Å². The molecule has 6 nitrogen and oxygen atoms in total. The number of fused-ring (bicyclic) bond motifs is 4. The molecule has 1 amide bonds. The summed E-state index contributed by atoms with van der Waals surface area (Å²) in [6.07, 6.45) is 1.08. The standard InChI is InChI=1S/C22H27FN4O2/c1-25(2)14-21(28)24-19-7-8-20-17-9-16(12-27(20)22(19)29)11-26(13-17)10-15-3-5-18(23)6-4-15/h3-8,16-17H,9-14H2,1-2H3,(H,24,28)/t16-,17+/m0/s1. The first-order chi connectivity index (χ1) is 13.9. The molecule has 3 heterocycles. The van der Waals surface area contributed by atoms with Gasteiger partial charge in [0, 0.05) is 37.8 Å². The molecule has 2 bridgehead atoms. The predicted molar refractivity (Wildman–Crippen MR) is 110 cm³/mol. The number of likely N-dealkylation sites (N-methyl/N-ethyl adjacent to an activating group) is 1. The van der Waals surface area contributed by atoms with Gasteiger partial charge in [-0.3, -0.25) is 14.5 Å².